The Labute approximate surface area is 103 Å². The first-order valence-electron chi connectivity index (χ1n) is 5.77. The highest BCUT2D eigenvalue weighted by Crippen LogP contribution is 2.45. The molecule has 2 saturated carbocycles. The fourth-order valence-electron chi connectivity index (χ4n) is 3.08. The molecular weight excluding hydrogens is 268 g/mol. The Balaban J connectivity index is 1.76. The van der Waals surface area contributed by atoms with Gasteiger partial charge in [0.15, 0.2) is 0 Å². The molecule has 86 valence electrons. The van der Waals surface area contributed by atoms with Crippen molar-refractivity contribution in [3.63, 3.8) is 0 Å². The van der Waals surface area contributed by atoms with Crippen LogP contribution in [-0.2, 0) is 0 Å². The van der Waals surface area contributed by atoms with Gasteiger partial charge in [0, 0.05) is 12.2 Å². The van der Waals surface area contributed by atoms with Crippen molar-refractivity contribution in [3.05, 3.63) is 10.7 Å². The summed E-state index contributed by atoms with van der Waals surface area (Å²) in [6.07, 6.45) is 7.14. The second-order valence-electron chi connectivity index (χ2n) is 4.85. The molecule has 0 spiro atoms. The molecule has 3 rings (SSSR count). The number of nitrogens with two attached hydrogens (primary N) is 1. The number of fused-ring (bicyclic) bond motifs is 2. The zero-order valence-corrected chi connectivity index (χ0v) is 10.6. The van der Waals surface area contributed by atoms with Crippen molar-refractivity contribution >= 4 is 27.7 Å². The summed E-state index contributed by atoms with van der Waals surface area (Å²) in [5, 5.41) is 3.50. The van der Waals surface area contributed by atoms with Crippen LogP contribution in [0.2, 0.25) is 0 Å². The zero-order chi connectivity index (χ0) is 11.1. The molecule has 0 aromatic carbocycles. The maximum atomic E-state index is 5.59. The standard InChI is InChI=1S/C11H15BrN4/c12-8-5-14-11(13)16-10(8)15-9-4-6-1-2-7(9)3-6/h5-7,9H,1-4H2,(H3,13,14,15,16). The monoisotopic (exact) mass is 282 g/mol. The smallest absolute Gasteiger partial charge is 0.221 e. The fraction of sp³-hybridized carbons (Fsp3) is 0.636. The fourth-order valence-corrected chi connectivity index (χ4v) is 3.38. The minimum absolute atomic E-state index is 0.328. The van der Waals surface area contributed by atoms with Gasteiger partial charge in [-0.25, -0.2) is 4.98 Å². The van der Waals surface area contributed by atoms with Gasteiger partial charge < -0.3 is 11.1 Å². The van der Waals surface area contributed by atoms with Crippen LogP contribution >= 0.6 is 15.9 Å². The van der Waals surface area contributed by atoms with E-state index in [1.54, 1.807) is 6.20 Å². The van der Waals surface area contributed by atoms with E-state index >= 15 is 0 Å². The van der Waals surface area contributed by atoms with Crippen molar-refractivity contribution in [3.8, 4) is 0 Å². The third kappa shape index (κ3) is 1.77. The highest BCUT2D eigenvalue weighted by atomic mass is 79.9. The number of hydrogen-bond acceptors (Lipinski definition) is 4. The minimum atomic E-state index is 0.328. The van der Waals surface area contributed by atoms with Gasteiger partial charge in [-0.1, -0.05) is 6.42 Å². The molecule has 16 heavy (non-hydrogen) atoms. The summed E-state index contributed by atoms with van der Waals surface area (Å²) in [5.74, 6) is 2.92. The molecule has 0 amide bonds. The van der Waals surface area contributed by atoms with Crippen LogP contribution in [0.15, 0.2) is 10.7 Å². The van der Waals surface area contributed by atoms with Crippen molar-refractivity contribution in [1.82, 2.24) is 9.97 Å². The third-order valence-corrected chi connectivity index (χ3v) is 4.40. The Kier molecular flexibility index (Phi) is 2.50. The first-order chi connectivity index (χ1) is 7.72. The average Bonchev–Trinajstić information content (AvgIpc) is 2.85. The van der Waals surface area contributed by atoms with Crippen LogP contribution in [0.1, 0.15) is 25.7 Å². The predicted molar refractivity (Wildman–Crippen MR) is 67.0 cm³/mol. The summed E-state index contributed by atoms with van der Waals surface area (Å²) in [7, 11) is 0. The molecule has 0 radical (unpaired) electrons. The van der Waals surface area contributed by atoms with E-state index in [0.29, 0.717) is 12.0 Å². The lowest BCUT2D eigenvalue weighted by Gasteiger charge is -2.23. The minimum Gasteiger partial charge on any atom is -0.368 e. The molecule has 5 heteroatoms. The number of rotatable bonds is 2. The van der Waals surface area contributed by atoms with Gasteiger partial charge in [0.25, 0.3) is 0 Å². The van der Waals surface area contributed by atoms with Gasteiger partial charge in [0.05, 0.1) is 4.47 Å². The summed E-state index contributed by atoms with van der Waals surface area (Å²) < 4.78 is 0.893. The summed E-state index contributed by atoms with van der Waals surface area (Å²) in [6.45, 7) is 0. The van der Waals surface area contributed by atoms with Crippen LogP contribution in [0, 0.1) is 11.8 Å². The van der Waals surface area contributed by atoms with E-state index in [9.17, 15) is 0 Å². The highest BCUT2D eigenvalue weighted by molar-refractivity contribution is 9.10. The average molecular weight is 283 g/mol. The van der Waals surface area contributed by atoms with Crippen molar-refractivity contribution < 1.29 is 0 Å². The Morgan fingerprint density at radius 1 is 1.38 bits per heavy atom. The molecule has 1 aromatic heterocycles. The maximum Gasteiger partial charge on any atom is 0.221 e. The first kappa shape index (κ1) is 10.3. The molecule has 1 heterocycles. The normalized spacial score (nSPS) is 31.9. The number of nitrogens with one attached hydrogen (secondary N) is 1. The van der Waals surface area contributed by atoms with Crippen LogP contribution in [0.3, 0.4) is 0 Å². The van der Waals surface area contributed by atoms with Gasteiger partial charge in [-0.15, -0.1) is 0 Å². The molecule has 3 unspecified atom stereocenters. The third-order valence-electron chi connectivity index (χ3n) is 3.82. The van der Waals surface area contributed by atoms with Crippen molar-refractivity contribution in [2.24, 2.45) is 11.8 Å². The van der Waals surface area contributed by atoms with Crippen molar-refractivity contribution in [1.29, 1.82) is 0 Å². The van der Waals surface area contributed by atoms with Crippen LogP contribution in [0.4, 0.5) is 11.8 Å². The van der Waals surface area contributed by atoms with Crippen molar-refractivity contribution in [2.75, 3.05) is 11.1 Å². The van der Waals surface area contributed by atoms with Gasteiger partial charge in [-0.3, -0.25) is 0 Å². The van der Waals surface area contributed by atoms with Gasteiger partial charge >= 0.3 is 0 Å². The Morgan fingerprint density at radius 2 is 2.25 bits per heavy atom. The lowest BCUT2D eigenvalue weighted by Crippen LogP contribution is -2.26. The second-order valence-corrected chi connectivity index (χ2v) is 5.70. The molecule has 2 bridgehead atoms. The number of nitrogens with zero attached hydrogens (tertiary/aromatic N) is 2. The SMILES string of the molecule is Nc1ncc(Br)c(NC2CC3CCC2C3)n1. The highest BCUT2D eigenvalue weighted by Gasteiger charge is 2.39. The summed E-state index contributed by atoms with van der Waals surface area (Å²) >= 11 is 3.45. The Bertz CT molecular complexity index is 409. The molecule has 0 aliphatic heterocycles. The zero-order valence-electron chi connectivity index (χ0n) is 8.99. The first-order valence-corrected chi connectivity index (χ1v) is 6.56. The molecular formula is C11H15BrN4. The predicted octanol–water partition coefficient (Wildman–Crippen LogP) is 2.42. The van der Waals surface area contributed by atoms with Gasteiger partial charge in [0.1, 0.15) is 5.82 Å². The lowest BCUT2D eigenvalue weighted by molar-refractivity contribution is 0.439. The van der Waals surface area contributed by atoms with Gasteiger partial charge in [0.2, 0.25) is 5.95 Å². The number of nitrogen functional groups attached to an aromatic ring is 1. The molecule has 2 fully saturated rings. The van der Waals surface area contributed by atoms with Gasteiger partial charge in [-0.2, -0.15) is 4.98 Å². The largest absolute Gasteiger partial charge is 0.368 e. The summed E-state index contributed by atoms with van der Waals surface area (Å²) in [4.78, 5) is 8.17. The van der Waals surface area contributed by atoms with E-state index in [1.165, 1.54) is 25.7 Å². The Morgan fingerprint density at radius 3 is 2.94 bits per heavy atom. The van der Waals surface area contributed by atoms with E-state index in [2.05, 4.69) is 31.2 Å². The molecule has 2 aliphatic rings. The van der Waals surface area contributed by atoms with E-state index in [0.717, 1.165) is 22.1 Å². The molecule has 0 saturated heterocycles. The maximum absolute atomic E-state index is 5.59. The van der Waals surface area contributed by atoms with Crippen molar-refractivity contribution in [2.45, 2.75) is 31.7 Å². The summed E-state index contributed by atoms with van der Waals surface area (Å²) in [5.41, 5.74) is 5.59. The molecule has 2 aliphatic carbocycles. The van der Waals surface area contributed by atoms with E-state index in [-0.39, 0.29) is 0 Å². The second kappa shape index (κ2) is 3.87. The van der Waals surface area contributed by atoms with Crippen LogP contribution < -0.4 is 11.1 Å². The lowest BCUT2D eigenvalue weighted by atomic mass is 9.95. The van der Waals surface area contributed by atoms with Gasteiger partial charge in [-0.05, 0) is 47.0 Å². The number of anilines is 2. The number of aromatic nitrogens is 2. The number of hydrogen-bond donors (Lipinski definition) is 2. The molecule has 3 N–H and O–H groups in total. The van der Waals surface area contributed by atoms with Crippen LogP contribution in [-0.4, -0.2) is 16.0 Å². The number of halogens is 1. The van der Waals surface area contributed by atoms with Crippen LogP contribution in [0.5, 0.6) is 0 Å². The molecule has 4 nitrogen and oxygen atoms in total. The van der Waals surface area contributed by atoms with E-state index in [1.807, 2.05) is 0 Å². The summed E-state index contributed by atoms with van der Waals surface area (Å²) in [6, 6.07) is 0.573. The van der Waals surface area contributed by atoms with E-state index < -0.39 is 0 Å². The van der Waals surface area contributed by atoms with Crippen LogP contribution in [0.25, 0.3) is 0 Å². The topological polar surface area (TPSA) is 63.8 Å². The Hall–Kier alpha value is -0.840. The quantitative estimate of drug-likeness (QED) is 0.875. The molecule has 3 atom stereocenters. The van der Waals surface area contributed by atoms with E-state index in [4.69, 9.17) is 5.73 Å². The molecule has 1 aromatic rings.